The molecule has 33 heavy (non-hydrogen) atoms. The molecule has 0 radical (unpaired) electrons. The van der Waals surface area contributed by atoms with Gasteiger partial charge in [0.2, 0.25) is 5.65 Å². The van der Waals surface area contributed by atoms with Crippen molar-refractivity contribution in [3.8, 4) is 0 Å². The number of hydrogen-bond donors (Lipinski definition) is 1. The number of hydrogen-bond acceptors (Lipinski definition) is 5. The number of aromatic nitrogens is 4. The molecule has 4 aliphatic rings. The Bertz CT molecular complexity index is 1050. The lowest BCUT2D eigenvalue weighted by atomic mass is 9.48. The lowest BCUT2D eigenvalue weighted by Crippen LogP contribution is -2.51. The molecule has 4 fully saturated rings. The van der Waals surface area contributed by atoms with Crippen LogP contribution in [0.15, 0.2) is 18.3 Å². The van der Waals surface area contributed by atoms with E-state index in [4.69, 9.17) is 0 Å². The Morgan fingerprint density at radius 3 is 2.82 bits per heavy atom. The molecule has 0 aromatic carbocycles. The maximum absolute atomic E-state index is 13.6. The minimum Gasteiger partial charge on any atom is -0.390 e. The second kappa shape index (κ2) is 7.86. The Morgan fingerprint density at radius 2 is 1.97 bits per heavy atom. The number of Topliss-reactive ketones (excluding diaryl/α,β-unsaturated/α-hetero) is 1. The third-order valence-electron chi connectivity index (χ3n) is 10.7. The van der Waals surface area contributed by atoms with Crippen molar-refractivity contribution in [1.29, 1.82) is 0 Å². The average molecular weight is 451 g/mol. The molecule has 2 heterocycles. The van der Waals surface area contributed by atoms with E-state index in [2.05, 4.69) is 29.1 Å². The van der Waals surface area contributed by atoms with Gasteiger partial charge in [0, 0.05) is 12.1 Å². The van der Waals surface area contributed by atoms with Crippen molar-refractivity contribution in [1.82, 2.24) is 20.0 Å². The van der Waals surface area contributed by atoms with Gasteiger partial charge in [-0.05, 0) is 111 Å². The van der Waals surface area contributed by atoms with E-state index in [1.54, 1.807) is 10.9 Å². The van der Waals surface area contributed by atoms with Crippen molar-refractivity contribution in [3.63, 3.8) is 0 Å². The molecule has 0 bridgehead atoms. The predicted octanol–water partition coefficient (Wildman–Crippen LogP) is 4.81. The number of carbonyl (C=O) groups excluding carboxylic acids is 1. The number of rotatable bonds is 4. The first-order valence-electron chi connectivity index (χ1n) is 13.3. The van der Waals surface area contributed by atoms with Gasteiger partial charge in [-0.2, -0.15) is 0 Å². The van der Waals surface area contributed by atoms with Crippen LogP contribution in [0.5, 0.6) is 0 Å². The maximum Gasteiger partial charge on any atom is 0.201 e. The molecule has 2 aromatic rings. The van der Waals surface area contributed by atoms with E-state index in [1.807, 2.05) is 12.1 Å². The van der Waals surface area contributed by atoms with Crippen molar-refractivity contribution in [3.05, 3.63) is 18.3 Å². The first-order valence-corrected chi connectivity index (χ1v) is 13.3. The van der Waals surface area contributed by atoms with Gasteiger partial charge in [-0.25, -0.2) is 9.67 Å². The topological polar surface area (TPSA) is 80.9 Å². The highest BCUT2D eigenvalue weighted by atomic mass is 16.3. The normalized spacial score (nSPS) is 42.5. The monoisotopic (exact) mass is 450 g/mol. The maximum atomic E-state index is 13.6. The van der Waals surface area contributed by atoms with Crippen LogP contribution in [0.3, 0.4) is 0 Å². The molecule has 0 aliphatic heterocycles. The Labute approximate surface area is 196 Å². The number of nitrogens with zero attached hydrogens (tertiary/aromatic N) is 4. The fourth-order valence-electron chi connectivity index (χ4n) is 9.00. The van der Waals surface area contributed by atoms with E-state index >= 15 is 0 Å². The molecule has 6 rings (SSSR count). The SMILES string of the molecule is CC[C@@]1(O)CC[C@H]2[C@H](CC[C@@H]3[C@@H]2CC[C@]2(C)[C@@H](C(=O)Cn4nnc5ncccc54)CC[C@@H]32)C1. The van der Waals surface area contributed by atoms with Crippen LogP contribution in [-0.4, -0.2) is 36.5 Å². The van der Waals surface area contributed by atoms with Crippen molar-refractivity contribution in [2.75, 3.05) is 0 Å². The van der Waals surface area contributed by atoms with E-state index in [1.165, 1.54) is 38.5 Å². The molecule has 1 N–H and O–H groups in total. The molecular weight excluding hydrogens is 412 g/mol. The molecule has 6 heteroatoms. The summed E-state index contributed by atoms with van der Waals surface area (Å²) in [4.78, 5) is 17.8. The molecule has 8 atom stereocenters. The smallest absolute Gasteiger partial charge is 0.201 e. The van der Waals surface area contributed by atoms with Gasteiger partial charge in [0.25, 0.3) is 0 Å². The van der Waals surface area contributed by atoms with Gasteiger partial charge in [-0.15, -0.1) is 5.10 Å². The van der Waals surface area contributed by atoms with Crippen LogP contribution < -0.4 is 0 Å². The Morgan fingerprint density at radius 1 is 1.12 bits per heavy atom. The van der Waals surface area contributed by atoms with Crippen LogP contribution in [0.1, 0.15) is 78.1 Å². The molecule has 6 nitrogen and oxygen atoms in total. The van der Waals surface area contributed by atoms with E-state index in [0.29, 0.717) is 29.8 Å². The summed E-state index contributed by atoms with van der Waals surface area (Å²) in [5.41, 5.74) is 1.17. The molecule has 4 saturated carbocycles. The largest absolute Gasteiger partial charge is 0.390 e. The second-order valence-corrected chi connectivity index (χ2v) is 12.0. The zero-order valence-electron chi connectivity index (χ0n) is 20.1. The lowest BCUT2D eigenvalue weighted by Gasteiger charge is -2.57. The van der Waals surface area contributed by atoms with Crippen LogP contribution >= 0.6 is 0 Å². The van der Waals surface area contributed by atoms with Crippen LogP contribution in [0.4, 0.5) is 0 Å². The molecule has 4 aliphatic carbocycles. The summed E-state index contributed by atoms with van der Waals surface area (Å²) in [5.74, 6) is 4.22. The van der Waals surface area contributed by atoms with Gasteiger partial charge in [0.05, 0.1) is 5.60 Å². The summed E-state index contributed by atoms with van der Waals surface area (Å²) in [6.45, 7) is 4.88. The molecule has 0 saturated heterocycles. The number of pyridine rings is 1. The Kier molecular flexibility index (Phi) is 5.17. The number of fused-ring (bicyclic) bond motifs is 6. The zero-order chi connectivity index (χ0) is 22.8. The lowest BCUT2D eigenvalue weighted by molar-refractivity contribution is -0.133. The number of carbonyl (C=O) groups is 1. The van der Waals surface area contributed by atoms with Gasteiger partial charge in [-0.3, -0.25) is 4.79 Å². The molecule has 0 unspecified atom stereocenters. The van der Waals surface area contributed by atoms with E-state index in [9.17, 15) is 9.90 Å². The van der Waals surface area contributed by atoms with E-state index < -0.39 is 5.60 Å². The van der Waals surface area contributed by atoms with Crippen molar-refractivity contribution < 1.29 is 9.90 Å². The fraction of sp³-hybridized carbons (Fsp3) is 0.778. The van der Waals surface area contributed by atoms with E-state index in [-0.39, 0.29) is 11.3 Å². The summed E-state index contributed by atoms with van der Waals surface area (Å²) >= 11 is 0. The van der Waals surface area contributed by atoms with Crippen LogP contribution in [0.25, 0.3) is 11.2 Å². The summed E-state index contributed by atoms with van der Waals surface area (Å²) in [5, 5.41) is 19.3. The van der Waals surface area contributed by atoms with Crippen LogP contribution in [0, 0.1) is 40.9 Å². The predicted molar refractivity (Wildman–Crippen MR) is 126 cm³/mol. The molecule has 178 valence electrons. The quantitative estimate of drug-likeness (QED) is 0.723. The van der Waals surface area contributed by atoms with Gasteiger partial charge in [0.1, 0.15) is 12.1 Å². The van der Waals surface area contributed by atoms with Crippen LogP contribution in [-0.2, 0) is 11.3 Å². The van der Waals surface area contributed by atoms with Gasteiger partial charge in [-0.1, -0.05) is 19.1 Å². The summed E-state index contributed by atoms with van der Waals surface area (Å²) in [7, 11) is 0. The Balaban J connectivity index is 1.19. The summed E-state index contributed by atoms with van der Waals surface area (Å²) in [6.07, 6.45) is 13.1. The van der Waals surface area contributed by atoms with Gasteiger partial charge < -0.3 is 5.11 Å². The molecule has 2 aromatic heterocycles. The minimum absolute atomic E-state index is 0.124. The second-order valence-electron chi connectivity index (χ2n) is 12.0. The van der Waals surface area contributed by atoms with Crippen molar-refractivity contribution in [2.24, 2.45) is 40.9 Å². The Hall–Kier alpha value is -1.82. The third-order valence-corrected chi connectivity index (χ3v) is 10.7. The average Bonchev–Trinajstić information content (AvgIpc) is 3.39. The molecule has 0 amide bonds. The minimum atomic E-state index is -0.414. The van der Waals surface area contributed by atoms with E-state index in [0.717, 1.165) is 49.0 Å². The standard InChI is InChI=1S/C27H38N4O2/c1-3-27(33)13-11-18-17(15-27)6-7-20-19(18)10-12-26(2)21(20)8-9-22(26)24(32)16-31-23-5-4-14-28-25(23)29-30-31/h4-5,14,17-22,33H,3,6-13,15-16H2,1-2H3/t17-,18+,19-,20-,21+,22-,26+,27-/m1/s1. The highest BCUT2D eigenvalue weighted by molar-refractivity contribution is 5.83. The zero-order valence-corrected chi connectivity index (χ0v) is 20.1. The fourth-order valence-corrected chi connectivity index (χ4v) is 9.00. The summed E-state index contributed by atoms with van der Waals surface area (Å²) < 4.78 is 1.75. The number of aliphatic hydroxyl groups is 1. The summed E-state index contributed by atoms with van der Waals surface area (Å²) in [6, 6.07) is 3.83. The molecule has 0 spiro atoms. The molecular formula is C27H38N4O2. The van der Waals surface area contributed by atoms with Crippen molar-refractivity contribution >= 4 is 16.9 Å². The van der Waals surface area contributed by atoms with Gasteiger partial charge in [0.15, 0.2) is 5.78 Å². The highest BCUT2D eigenvalue weighted by Crippen LogP contribution is 2.64. The van der Waals surface area contributed by atoms with Crippen molar-refractivity contribution in [2.45, 2.75) is 90.2 Å². The third kappa shape index (κ3) is 3.38. The van der Waals surface area contributed by atoms with Gasteiger partial charge >= 0.3 is 0 Å². The first kappa shape index (κ1) is 21.7. The van der Waals surface area contributed by atoms with Crippen LogP contribution in [0.2, 0.25) is 0 Å². The number of ketones is 1. The highest BCUT2D eigenvalue weighted by Gasteiger charge is 2.58. The first-order chi connectivity index (χ1) is 15.9.